The van der Waals surface area contributed by atoms with E-state index in [0.717, 1.165) is 37.1 Å². The number of anilines is 2. The van der Waals surface area contributed by atoms with Crippen molar-refractivity contribution in [3.05, 3.63) is 66.7 Å². The molecule has 2 aromatic carbocycles. The monoisotopic (exact) mass is 571 g/mol. The Morgan fingerprint density at radius 2 is 1.81 bits per heavy atom. The van der Waals surface area contributed by atoms with Crippen LogP contribution in [0.25, 0.3) is 11.3 Å². The zero-order chi connectivity index (χ0) is 28.9. The van der Waals surface area contributed by atoms with Gasteiger partial charge in [-0.1, -0.05) is 30.3 Å². The molecule has 2 saturated heterocycles. The van der Waals surface area contributed by atoms with Crippen LogP contribution < -0.4 is 15.5 Å². The summed E-state index contributed by atoms with van der Waals surface area (Å²) in [6.07, 6.45) is 3.59. The number of hydrogen-bond donors (Lipinski definition) is 2. The maximum absolute atomic E-state index is 14.0. The Morgan fingerprint density at radius 1 is 1.00 bits per heavy atom. The zero-order valence-corrected chi connectivity index (χ0v) is 23.2. The number of carbonyl (C=O) groups is 3. The molecule has 12 nitrogen and oxygen atoms in total. The summed E-state index contributed by atoms with van der Waals surface area (Å²) in [6.45, 7) is 4.38. The quantitative estimate of drug-likeness (QED) is 0.446. The van der Waals surface area contributed by atoms with Gasteiger partial charge in [-0.05, 0) is 31.0 Å². The van der Waals surface area contributed by atoms with Crippen LogP contribution in [-0.2, 0) is 14.3 Å². The number of nitrogens with one attached hydrogen (secondary N) is 2. The molecule has 0 bridgehead atoms. The summed E-state index contributed by atoms with van der Waals surface area (Å²) in [6, 6.07) is 14.0. The normalized spacial score (nSPS) is 19.2. The Morgan fingerprint density at radius 3 is 2.60 bits per heavy atom. The molecule has 1 aromatic heterocycles. The largest absolute Gasteiger partial charge is 0.444 e. The summed E-state index contributed by atoms with van der Waals surface area (Å²) in [5, 5.41) is 5.55. The molecule has 0 aliphatic carbocycles. The summed E-state index contributed by atoms with van der Waals surface area (Å²) in [7, 11) is 0. The summed E-state index contributed by atoms with van der Waals surface area (Å²) in [5.41, 5.74) is 3.27. The second-order valence-electron chi connectivity index (χ2n) is 10.4. The summed E-state index contributed by atoms with van der Waals surface area (Å²) >= 11 is 0. The number of aromatic nitrogens is 1. The van der Waals surface area contributed by atoms with Crippen molar-refractivity contribution in [2.24, 2.45) is 4.99 Å². The van der Waals surface area contributed by atoms with Crippen molar-refractivity contribution in [1.29, 1.82) is 0 Å². The lowest BCUT2D eigenvalue weighted by molar-refractivity contribution is -0.130. The highest BCUT2D eigenvalue weighted by molar-refractivity contribution is 6.15. The number of nitrogens with zero attached hydrogens (tertiary/aromatic N) is 5. The smallest absolute Gasteiger partial charge is 0.321 e. The van der Waals surface area contributed by atoms with E-state index in [1.165, 1.54) is 11.3 Å². The molecule has 4 heterocycles. The Hall–Kier alpha value is -4.55. The van der Waals surface area contributed by atoms with Gasteiger partial charge in [0.15, 0.2) is 12.2 Å². The Balaban J connectivity index is 1.28. The number of ether oxygens (including phenoxy) is 1. The van der Waals surface area contributed by atoms with Gasteiger partial charge in [0.05, 0.1) is 30.8 Å². The maximum Gasteiger partial charge on any atom is 0.321 e. The number of aliphatic imine (C=N–C) groups is 1. The molecule has 3 aliphatic heterocycles. The molecule has 0 radical (unpaired) electrons. The Bertz CT molecular complexity index is 1460. The van der Waals surface area contributed by atoms with E-state index in [0.29, 0.717) is 55.7 Å². The van der Waals surface area contributed by atoms with Gasteiger partial charge in [-0.15, -0.1) is 0 Å². The number of para-hydroxylation sites is 1. The number of benzodiazepines with no additional fused rings is 1. The molecule has 4 amide bonds. The van der Waals surface area contributed by atoms with Gasteiger partial charge in [0.2, 0.25) is 12.1 Å². The van der Waals surface area contributed by atoms with Gasteiger partial charge in [0, 0.05) is 49.5 Å². The number of morpholine rings is 1. The van der Waals surface area contributed by atoms with Crippen LogP contribution in [-0.4, -0.2) is 97.0 Å². The number of hydrogen-bond acceptors (Lipinski definition) is 8. The number of fused-ring (bicyclic) bond motifs is 1. The molecule has 1 unspecified atom stereocenters. The van der Waals surface area contributed by atoms with Crippen molar-refractivity contribution in [1.82, 2.24) is 20.1 Å². The lowest BCUT2D eigenvalue weighted by Gasteiger charge is -2.28. The minimum absolute atomic E-state index is 0.125. The lowest BCUT2D eigenvalue weighted by atomic mass is 10.1. The van der Waals surface area contributed by atoms with Gasteiger partial charge in [-0.2, -0.15) is 0 Å². The van der Waals surface area contributed by atoms with E-state index in [2.05, 4.69) is 20.5 Å². The molecule has 0 spiro atoms. The van der Waals surface area contributed by atoms with E-state index in [-0.39, 0.29) is 12.5 Å². The average Bonchev–Trinajstić information content (AvgIpc) is 3.74. The number of urea groups is 1. The van der Waals surface area contributed by atoms with Gasteiger partial charge in [-0.25, -0.2) is 9.78 Å². The average molecular weight is 572 g/mol. The summed E-state index contributed by atoms with van der Waals surface area (Å²) in [4.78, 5) is 54.7. The van der Waals surface area contributed by atoms with E-state index >= 15 is 0 Å². The Labute approximate surface area is 243 Å². The van der Waals surface area contributed by atoms with Crippen LogP contribution in [0.2, 0.25) is 0 Å². The standard InChI is InChI=1S/C30H33N7O5/c38-27(36-10-3-4-11-36)19-37-25-9-2-1-8-23(25)24(18-35-12-14-41-15-13-35)33-28(29(37)39)34-30(40)32-22-7-5-6-21(16-22)26-17-31-20-42-26/h1-2,5-9,16-17,20,28H,3-4,10-15,18-19H2,(H2,32,34,40). The molecular weight excluding hydrogens is 538 g/mol. The van der Waals surface area contributed by atoms with Gasteiger partial charge >= 0.3 is 6.03 Å². The molecule has 3 aromatic rings. The minimum Gasteiger partial charge on any atom is -0.444 e. The third kappa shape index (κ3) is 6.19. The molecule has 12 heteroatoms. The van der Waals surface area contributed by atoms with E-state index in [1.807, 2.05) is 30.3 Å². The molecule has 0 saturated carbocycles. The van der Waals surface area contributed by atoms with Gasteiger partial charge in [0.25, 0.3) is 5.91 Å². The molecular formula is C30H33N7O5. The number of benzene rings is 2. The zero-order valence-electron chi connectivity index (χ0n) is 23.2. The Kier molecular flexibility index (Phi) is 8.24. The van der Waals surface area contributed by atoms with Crippen molar-refractivity contribution < 1.29 is 23.5 Å². The first-order chi connectivity index (χ1) is 20.5. The highest BCUT2D eigenvalue weighted by atomic mass is 16.5. The van der Waals surface area contributed by atoms with Crippen molar-refractivity contribution >= 4 is 34.9 Å². The van der Waals surface area contributed by atoms with Crippen LogP contribution in [0, 0.1) is 0 Å². The van der Waals surface area contributed by atoms with E-state index in [1.54, 1.807) is 29.3 Å². The summed E-state index contributed by atoms with van der Waals surface area (Å²) in [5.74, 6) is -0.0383. The maximum atomic E-state index is 14.0. The molecule has 218 valence electrons. The number of oxazole rings is 1. The fourth-order valence-electron chi connectivity index (χ4n) is 5.46. The third-order valence-electron chi connectivity index (χ3n) is 7.62. The predicted octanol–water partition coefficient (Wildman–Crippen LogP) is 2.58. The van der Waals surface area contributed by atoms with Crippen molar-refractivity contribution in [3.8, 4) is 11.3 Å². The molecule has 6 rings (SSSR count). The van der Waals surface area contributed by atoms with Crippen LogP contribution >= 0.6 is 0 Å². The summed E-state index contributed by atoms with van der Waals surface area (Å²) < 4.78 is 10.9. The number of rotatable bonds is 7. The SMILES string of the molecule is O=C(Nc1cccc(-c2cnco2)c1)NC1N=C(CN2CCOCC2)c2ccccc2N(CC(=O)N2CCCC2)C1=O. The molecule has 2 fully saturated rings. The first-order valence-corrected chi connectivity index (χ1v) is 14.2. The van der Waals surface area contributed by atoms with E-state index in [4.69, 9.17) is 14.1 Å². The molecule has 1 atom stereocenters. The van der Waals surface area contributed by atoms with Crippen molar-refractivity contribution in [3.63, 3.8) is 0 Å². The van der Waals surface area contributed by atoms with Gasteiger partial charge in [-0.3, -0.25) is 24.4 Å². The van der Waals surface area contributed by atoms with Gasteiger partial charge < -0.3 is 24.7 Å². The van der Waals surface area contributed by atoms with Crippen LogP contribution in [0.3, 0.4) is 0 Å². The number of amides is 4. The third-order valence-corrected chi connectivity index (χ3v) is 7.62. The molecule has 3 aliphatic rings. The van der Waals surface area contributed by atoms with Crippen LogP contribution in [0.4, 0.5) is 16.2 Å². The van der Waals surface area contributed by atoms with E-state index in [9.17, 15) is 14.4 Å². The predicted molar refractivity (Wildman–Crippen MR) is 156 cm³/mol. The number of likely N-dealkylation sites (tertiary alicyclic amines) is 1. The first-order valence-electron chi connectivity index (χ1n) is 14.2. The highest BCUT2D eigenvalue weighted by Crippen LogP contribution is 2.27. The van der Waals surface area contributed by atoms with Gasteiger partial charge in [0.1, 0.15) is 6.54 Å². The first kappa shape index (κ1) is 27.6. The van der Waals surface area contributed by atoms with Crippen LogP contribution in [0.15, 0.2) is 70.5 Å². The minimum atomic E-state index is -1.24. The molecule has 2 N–H and O–H groups in total. The van der Waals surface area contributed by atoms with Crippen LogP contribution in [0.1, 0.15) is 18.4 Å². The number of carbonyl (C=O) groups excluding carboxylic acids is 3. The molecule has 42 heavy (non-hydrogen) atoms. The second kappa shape index (κ2) is 12.5. The fraction of sp³-hybridized carbons (Fsp3) is 0.367. The van der Waals surface area contributed by atoms with Crippen molar-refractivity contribution in [2.75, 3.05) is 62.7 Å². The topological polar surface area (TPSA) is 133 Å². The highest BCUT2D eigenvalue weighted by Gasteiger charge is 2.35. The fourth-order valence-corrected chi connectivity index (χ4v) is 5.46. The van der Waals surface area contributed by atoms with Crippen LogP contribution in [0.5, 0.6) is 0 Å². The lowest BCUT2D eigenvalue weighted by Crippen LogP contribution is -2.51. The van der Waals surface area contributed by atoms with E-state index < -0.39 is 18.1 Å². The van der Waals surface area contributed by atoms with Crippen molar-refractivity contribution in [2.45, 2.75) is 19.0 Å². The second-order valence-corrected chi connectivity index (χ2v) is 10.4.